The first-order valence-corrected chi connectivity index (χ1v) is 11.6. The molecular weight excluding hydrogens is 491 g/mol. The zero-order chi connectivity index (χ0) is 26.6. The van der Waals surface area contributed by atoms with Crippen molar-refractivity contribution in [3.8, 4) is 17.4 Å². The molecule has 1 aliphatic heterocycles. The highest BCUT2D eigenvalue weighted by molar-refractivity contribution is 5.96. The number of fused-ring (bicyclic) bond motifs is 2. The van der Waals surface area contributed by atoms with Crippen LogP contribution in [0.2, 0.25) is 0 Å². The molecule has 2 aromatic heterocycles. The van der Waals surface area contributed by atoms with E-state index >= 15 is 0 Å². The molecule has 2 amide bonds. The predicted octanol–water partition coefficient (Wildman–Crippen LogP) is 3.78. The van der Waals surface area contributed by atoms with Gasteiger partial charge in [0.1, 0.15) is 12.2 Å². The third kappa shape index (κ3) is 6.19. The molecule has 0 bridgehead atoms. The standard InChI is InChI=1S/C25H26F3N5O4/c1-17-16-21(25(26,27)28)30-33(17)11-9-22(34)32-13-12-31(2)24(35)18-6-5-10-29-23(18)37-20-8-4-3-7-19(20)36-15-14-32/h3-8,10,16H,9,11-15H2,1-2H3. The van der Waals surface area contributed by atoms with Gasteiger partial charge in [0, 0.05) is 45.0 Å². The van der Waals surface area contributed by atoms with Crippen LogP contribution >= 0.6 is 0 Å². The molecule has 3 heterocycles. The van der Waals surface area contributed by atoms with Gasteiger partial charge in [0.15, 0.2) is 17.2 Å². The zero-order valence-electron chi connectivity index (χ0n) is 20.4. The van der Waals surface area contributed by atoms with Gasteiger partial charge in [0.25, 0.3) is 5.91 Å². The van der Waals surface area contributed by atoms with Crippen LogP contribution in [0.5, 0.6) is 17.4 Å². The summed E-state index contributed by atoms with van der Waals surface area (Å²) in [5.41, 5.74) is -0.432. The summed E-state index contributed by atoms with van der Waals surface area (Å²) in [5, 5.41) is 3.58. The van der Waals surface area contributed by atoms with Crippen LogP contribution in [-0.4, -0.2) is 69.7 Å². The van der Waals surface area contributed by atoms with Gasteiger partial charge < -0.3 is 19.3 Å². The minimum Gasteiger partial charge on any atom is -0.488 e. The van der Waals surface area contributed by atoms with Gasteiger partial charge in [-0.15, -0.1) is 0 Å². The number of carbonyl (C=O) groups is 2. The third-order valence-electron chi connectivity index (χ3n) is 5.89. The molecule has 0 N–H and O–H groups in total. The number of alkyl halides is 3. The molecule has 0 spiro atoms. The molecule has 0 atom stereocenters. The van der Waals surface area contributed by atoms with E-state index in [1.807, 2.05) is 0 Å². The summed E-state index contributed by atoms with van der Waals surface area (Å²) in [5.74, 6) is 0.285. The van der Waals surface area contributed by atoms with Crippen LogP contribution in [0.25, 0.3) is 0 Å². The number of hydrogen-bond acceptors (Lipinski definition) is 6. The lowest BCUT2D eigenvalue weighted by atomic mass is 10.2. The highest BCUT2D eigenvalue weighted by Crippen LogP contribution is 2.32. The van der Waals surface area contributed by atoms with Crippen LogP contribution in [-0.2, 0) is 17.5 Å². The number of benzene rings is 1. The Balaban J connectivity index is 1.52. The van der Waals surface area contributed by atoms with Gasteiger partial charge >= 0.3 is 6.18 Å². The molecular formula is C25H26F3N5O4. The quantitative estimate of drug-likeness (QED) is 0.526. The first-order valence-electron chi connectivity index (χ1n) is 11.6. The van der Waals surface area contributed by atoms with E-state index in [0.29, 0.717) is 17.2 Å². The third-order valence-corrected chi connectivity index (χ3v) is 5.89. The molecule has 0 aliphatic carbocycles. The number of hydrogen-bond donors (Lipinski definition) is 0. The number of para-hydroxylation sites is 2. The number of rotatable bonds is 3. The Hall–Kier alpha value is -4.09. The molecule has 3 aromatic rings. The number of pyridine rings is 1. The summed E-state index contributed by atoms with van der Waals surface area (Å²) in [7, 11) is 1.61. The Labute approximate surface area is 211 Å². The lowest BCUT2D eigenvalue weighted by molar-refractivity contribution is -0.141. The van der Waals surface area contributed by atoms with Crippen molar-refractivity contribution in [2.45, 2.75) is 26.1 Å². The highest BCUT2D eigenvalue weighted by atomic mass is 19.4. The number of aromatic nitrogens is 3. The number of amides is 2. The predicted molar refractivity (Wildman–Crippen MR) is 126 cm³/mol. The summed E-state index contributed by atoms with van der Waals surface area (Å²) in [6, 6.07) is 11.1. The first-order chi connectivity index (χ1) is 17.6. The summed E-state index contributed by atoms with van der Waals surface area (Å²) in [6.07, 6.45) is -3.10. The van der Waals surface area contributed by atoms with Crippen molar-refractivity contribution in [2.75, 3.05) is 33.3 Å². The molecule has 0 saturated heterocycles. The maximum atomic E-state index is 13.1. The van der Waals surface area contributed by atoms with Crippen LogP contribution < -0.4 is 9.47 Å². The van der Waals surface area contributed by atoms with Crippen molar-refractivity contribution < 1.29 is 32.2 Å². The van der Waals surface area contributed by atoms with Gasteiger partial charge in [-0.3, -0.25) is 14.3 Å². The van der Waals surface area contributed by atoms with Crippen molar-refractivity contribution in [3.05, 3.63) is 65.6 Å². The van der Waals surface area contributed by atoms with Gasteiger partial charge in [-0.1, -0.05) is 12.1 Å². The minimum absolute atomic E-state index is 0.0113. The Morgan fingerprint density at radius 2 is 1.84 bits per heavy atom. The van der Waals surface area contributed by atoms with E-state index in [0.717, 1.165) is 6.07 Å². The number of ether oxygens (including phenoxy) is 2. The van der Waals surface area contributed by atoms with E-state index in [-0.39, 0.29) is 62.5 Å². The number of likely N-dealkylation sites (N-methyl/N-ethyl adjacent to an activating group) is 1. The van der Waals surface area contributed by atoms with Gasteiger partial charge in [0.05, 0.1) is 6.54 Å². The SMILES string of the molecule is Cc1cc(C(F)(F)F)nn1CCC(=O)N1CCOc2ccccc2Oc2ncccc2C(=O)N(C)CC1. The molecule has 1 aromatic carbocycles. The maximum Gasteiger partial charge on any atom is 0.435 e. The molecule has 0 unspecified atom stereocenters. The summed E-state index contributed by atoms with van der Waals surface area (Å²) in [4.78, 5) is 33.4. The van der Waals surface area contributed by atoms with Crippen LogP contribution in [0, 0.1) is 6.92 Å². The van der Waals surface area contributed by atoms with Crippen LogP contribution in [0.4, 0.5) is 13.2 Å². The monoisotopic (exact) mass is 517 g/mol. The van der Waals surface area contributed by atoms with Crippen LogP contribution in [0.3, 0.4) is 0 Å². The number of aryl methyl sites for hydroxylation is 2. The van der Waals surface area contributed by atoms with Crippen molar-refractivity contribution in [3.63, 3.8) is 0 Å². The van der Waals surface area contributed by atoms with Gasteiger partial charge in [-0.25, -0.2) is 4.98 Å². The molecule has 37 heavy (non-hydrogen) atoms. The molecule has 196 valence electrons. The average molecular weight is 518 g/mol. The Morgan fingerprint density at radius 3 is 2.57 bits per heavy atom. The normalized spacial score (nSPS) is 14.9. The van der Waals surface area contributed by atoms with Gasteiger partial charge in [-0.05, 0) is 37.3 Å². The average Bonchev–Trinajstić information content (AvgIpc) is 3.26. The molecule has 0 saturated carbocycles. The molecule has 4 rings (SSSR count). The van der Waals surface area contributed by atoms with Crippen molar-refractivity contribution in [1.82, 2.24) is 24.6 Å². The second kappa shape index (κ2) is 10.9. The molecule has 0 radical (unpaired) electrons. The fourth-order valence-electron chi connectivity index (χ4n) is 3.83. The van der Waals surface area contributed by atoms with E-state index in [2.05, 4.69) is 10.1 Å². The summed E-state index contributed by atoms with van der Waals surface area (Å²) in [6.45, 7) is 2.25. The first kappa shape index (κ1) is 26.0. The lowest BCUT2D eigenvalue weighted by Gasteiger charge is -2.26. The molecule has 1 aliphatic rings. The minimum atomic E-state index is -4.56. The Kier molecular flexibility index (Phi) is 7.65. The van der Waals surface area contributed by atoms with Gasteiger partial charge in [-0.2, -0.15) is 18.3 Å². The maximum absolute atomic E-state index is 13.1. The number of halogens is 3. The molecule has 12 heteroatoms. The molecule has 0 fully saturated rings. The van der Waals surface area contributed by atoms with Gasteiger partial charge in [0.2, 0.25) is 11.8 Å². The van der Waals surface area contributed by atoms with Crippen molar-refractivity contribution >= 4 is 11.8 Å². The van der Waals surface area contributed by atoms with E-state index in [1.165, 1.54) is 27.6 Å². The second-order valence-corrected chi connectivity index (χ2v) is 8.50. The topological polar surface area (TPSA) is 89.8 Å². The highest BCUT2D eigenvalue weighted by Gasteiger charge is 2.34. The van der Waals surface area contributed by atoms with Crippen molar-refractivity contribution in [2.24, 2.45) is 0 Å². The fourth-order valence-corrected chi connectivity index (χ4v) is 3.83. The van der Waals surface area contributed by atoms with E-state index < -0.39 is 11.9 Å². The summed E-state index contributed by atoms with van der Waals surface area (Å²) >= 11 is 0. The number of carbonyl (C=O) groups excluding carboxylic acids is 2. The smallest absolute Gasteiger partial charge is 0.435 e. The van der Waals surface area contributed by atoms with E-state index in [1.54, 1.807) is 43.4 Å². The van der Waals surface area contributed by atoms with Crippen LogP contribution in [0.15, 0.2) is 48.7 Å². The largest absolute Gasteiger partial charge is 0.488 e. The fraction of sp³-hybridized carbons (Fsp3) is 0.360. The second-order valence-electron chi connectivity index (χ2n) is 8.50. The lowest BCUT2D eigenvalue weighted by Crippen LogP contribution is -2.41. The van der Waals surface area contributed by atoms with E-state index in [9.17, 15) is 22.8 Å². The summed E-state index contributed by atoms with van der Waals surface area (Å²) < 4.78 is 51.9. The molecule has 9 nitrogen and oxygen atoms in total. The Morgan fingerprint density at radius 1 is 1.08 bits per heavy atom. The van der Waals surface area contributed by atoms with Crippen molar-refractivity contribution in [1.29, 1.82) is 0 Å². The Bertz CT molecular complexity index is 1280. The number of nitrogens with zero attached hydrogens (tertiary/aromatic N) is 5. The van der Waals surface area contributed by atoms with E-state index in [4.69, 9.17) is 9.47 Å². The zero-order valence-corrected chi connectivity index (χ0v) is 20.4. The van der Waals surface area contributed by atoms with Crippen LogP contribution in [0.1, 0.15) is 28.2 Å².